The average molecular weight is 620 g/mol. The lowest BCUT2D eigenvalue weighted by molar-refractivity contribution is -0.143. The van der Waals surface area contributed by atoms with Crippen molar-refractivity contribution in [1.29, 1.82) is 0 Å². The van der Waals surface area contributed by atoms with Crippen LogP contribution in [-0.2, 0) is 9.53 Å². The van der Waals surface area contributed by atoms with Gasteiger partial charge in [0.25, 0.3) is 5.56 Å². The molecule has 200 valence electrons. The molecule has 0 fully saturated rings. The van der Waals surface area contributed by atoms with Gasteiger partial charge in [-0.1, -0.05) is 35.1 Å². The number of carbonyl (C=O) groups is 1. The zero-order valence-corrected chi connectivity index (χ0v) is 24.9. The Morgan fingerprint density at radius 1 is 1.16 bits per heavy atom. The van der Waals surface area contributed by atoms with Crippen molar-refractivity contribution in [3.63, 3.8) is 0 Å². The summed E-state index contributed by atoms with van der Waals surface area (Å²) in [5.74, 6) is 0.738. The SMILES string of the molecule is CCOc1cc(OCC)c(/C=c2\sc3n(c2=O)[C@H](c2ccc(Cl)cc2)C(C(=O)OC(C)C)=C(C)N=3)cc1Br. The third kappa shape index (κ3) is 5.75. The summed E-state index contributed by atoms with van der Waals surface area (Å²) in [5.41, 5.74) is 1.99. The number of halogens is 2. The van der Waals surface area contributed by atoms with E-state index in [1.54, 1.807) is 49.6 Å². The van der Waals surface area contributed by atoms with Gasteiger partial charge in [0.1, 0.15) is 11.5 Å². The van der Waals surface area contributed by atoms with E-state index in [1.165, 1.54) is 11.3 Å². The van der Waals surface area contributed by atoms with Crippen LogP contribution in [0.15, 0.2) is 61.9 Å². The number of allylic oxidation sites excluding steroid dienone is 1. The number of benzene rings is 2. The highest BCUT2D eigenvalue weighted by Gasteiger charge is 2.33. The van der Waals surface area contributed by atoms with Gasteiger partial charge in [-0.2, -0.15) is 0 Å². The minimum atomic E-state index is -0.713. The van der Waals surface area contributed by atoms with Gasteiger partial charge in [-0.3, -0.25) is 9.36 Å². The van der Waals surface area contributed by atoms with Crippen LogP contribution < -0.4 is 24.4 Å². The molecule has 0 N–H and O–H groups in total. The third-order valence-electron chi connectivity index (χ3n) is 5.72. The van der Waals surface area contributed by atoms with Crippen molar-refractivity contribution in [2.24, 2.45) is 4.99 Å². The normalized spacial score (nSPS) is 15.4. The van der Waals surface area contributed by atoms with Crippen molar-refractivity contribution in [3.8, 4) is 11.5 Å². The fraction of sp³-hybridized carbons (Fsp3) is 0.321. The smallest absolute Gasteiger partial charge is 0.338 e. The largest absolute Gasteiger partial charge is 0.493 e. The second-order valence-electron chi connectivity index (χ2n) is 8.77. The second-order valence-corrected chi connectivity index (χ2v) is 11.1. The van der Waals surface area contributed by atoms with Gasteiger partial charge in [0.05, 0.1) is 45.6 Å². The number of carbonyl (C=O) groups excluding carboxylic acids is 1. The summed E-state index contributed by atoms with van der Waals surface area (Å²) in [4.78, 5) is 32.2. The van der Waals surface area contributed by atoms with Crippen LogP contribution in [0.3, 0.4) is 0 Å². The Hall–Kier alpha value is -2.88. The number of aromatic nitrogens is 1. The zero-order chi connectivity index (χ0) is 27.6. The van der Waals surface area contributed by atoms with Gasteiger partial charge >= 0.3 is 5.97 Å². The molecule has 1 atom stereocenters. The molecule has 1 aromatic heterocycles. The van der Waals surface area contributed by atoms with Crippen LogP contribution in [0.4, 0.5) is 0 Å². The monoisotopic (exact) mass is 618 g/mol. The van der Waals surface area contributed by atoms with Crippen molar-refractivity contribution in [2.45, 2.75) is 46.8 Å². The summed E-state index contributed by atoms with van der Waals surface area (Å²) in [6.45, 7) is 10.1. The minimum absolute atomic E-state index is 0.275. The van der Waals surface area contributed by atoms with Crippen molar-refractivity contribution >= 4 is 50.9 Å². The Bertz CT molecular complexity index is 1570. The van der Waals surface area contributed by atoms with Crippen LogP contribution in [0.1, 0.15) is 51.8 Å². The average Bonchev–Trinajstić information content (AvgIpc) is 3.15. The Morgan fingerprint density at radius 3 is 2.45 bits per heavy atom. The Morgan fingerprint density at radius 2 is 1.82 bits per heavy atom. The molecule has 0 saturated carbocycles. The summed E-state index contributed by atoms with van der Waals surface area (Å²) in [5, 5.41) is 0.553. The Balaban J connectivity index is 1.93. The first-order valence-corrected chi connectivity index (χ1v) is 14.2. The Labute approximate surface area is 238 Å². The van der Waals surface area contributed by atoms with Crippen molar-refractivity contribution in [1.82, 2.24) is 4.57 Å². The summed E-state index contributed by atoms with van der Waals surface area (Å²) in [6, 6.07) is 10.0. The van der Waals surface area contributed by atoms with E-state index in [1.807, 2.05) is 32.0 Å². The van der Waals surface area contributed by atoms with Crippen LogP contribution in [0.25, 0.3) is 6.08 Å². The second kappa shape index (κ2) is 11.9. The van der Waals surface area contributed by atoms with Gasteiger partial charge in [-0.25, -0.2) is 9.79 Å². The molecule has 38 heavy (non-hydrogen) atoms. The summed E-state index contributed by atoms with van der Waals surface area (Å²) >= 11 is 10.9. The third-order valence-corrected chi connectivity index (χ3v) is 7.58. The molecule has 0 bridgehead atoms. The Kier molecular flexibility index (Phi) is 8.80. The molecule has 10 heteroatoms. The van der Waals surface area contributed by atoms with Crippen molar-refractivity contribution < 1.29 is 19.0 Å². The highest BCUT2D eigenvalue weighted by Crippen LogP contribution is 2.34. The van der Waals surface area contributed by atoms with Gasteiger partial charge in [-0.05, 0) is 80.4 Å². The van der Waals surface area contributed by atoms with Crippen LogP contribution >= 0.6 is 38.9 Å². The van der Waals surface area contributed by atoms with Crippen molar-refractivity contribution in [3.05, 3.63) is 88.0 Å². The fourth-order valence-electron chi connectivity index (χ4n) is 4.17. The maximum absolute atomic E-state index is 13.9. The lowest BCUT2D eigenvalue weighted by Crippen LogP contribution is -2.40. The molecule has 4 rings (SSSR count). The molecule has 0 saturated heterocycles. The molecule has 2 aromatic carbocycles. The minimum Gasteiger partial charge on any atom is -0.493 e. The number of ether oxygens (including phenoxy) is 3. The number of fused-ring (bicyclic) bond motifs is 1. The van der Waals surface area contributed by atoms with Crippen molar-refractivity contribution in [2.75, 3.05) is 13.2 Å². The van der Waals surface area contributed by atoms with E-state index in [0.29, 0.717) is 55.9 Å². The van der Waals surface area contributed by atoms with E-state index in [9.17, 15) is 9.59 Å². The number of thiazole rings is 1. The van der Waals surface area contributed by atoms with E-state index >= 15 is 0 Å². The number of hydrogen-bond acceptors (Lipinski definition) is 7. The summed E-state index contributed by atoms with van der Waals surface area (Å²) in [6.07, 6.45) is 1.45. The lowest BCUT2D eigenvalue weighted by Gasteiger charge is -2.25. The van der Waals surface area contributed by atoms with Gasteiger partial charge in [0.2, 0.25) is 0 Å². The number of nitrogens with zero attached hydrogens (tertiary/aromatic N) is 2. The van der Waals surface area contributed by atoms with E-state index in [4.69, 9.17) is 25.8 Å². The molecule has 2 heterocycles. The summed E-state index contributed by atoms with van der Waals surface area (Å²) < 4.78 is 19.8. The topological polar surface area (TPSA) is 79.1 Å². The number of esters is 1. The molecule has 1 aliphatic rings. The van der Waals surface area contributed by atoms with Crippen LogP contribution in [0.2, 0.25) is 5.02 Å². The molecular formula is C28H28BrClN2O5S. The van der Waals surface area contributed by atoms with Crippen LogP contribution in [-0.4, -0.2) is 29.9 Å². The number of rotatable bonds is 8. The van der Waals surface area contributed by atoms with Gasteiger partial charge < -0.3 is 14.2 Å². The molecular weight excluding hydrogens is 592 g/mol. The molecule has 0 unspecified atom stereocenters. The molecule has 3 aromatic rings. The van der Waals surface area contributed by atoms with Gasteiger partial charge in [0.15, 0.2) is 4.80 Å². The van der Waals surface area contributed by atoms with E-state index in [2.05, 4.69) is 20.9 Å². The number of hydrogen-bond donors (Lipinski definition) is 0. The lowest BCUT2D eigenvalue weighted by atomic mass is 9.96. The predicted octanol–water partition coefficient (Wildman–Crippen LogP) is 5.40. The van der Waals surface area contributed by atoms with Crippen LogP contribution in [0.5, 0.6) is 11.5 Å². The molecule has 1 aliphatic heterocycles. The first-order valence-electron chi connectivity index (χ1n) is 12.2. The van der Waals surface area contributed by atoms with E-state index in [-0.39, 0.29) is 11.7 Å². The van der Waals surface area contributed by atoms with Crippen LogP contribution in [0, 0.1) is 0 Å². The van der Waals surface area contributed by atoms with E-state index in [0.717, 1.165) is 10.0 Å². The standard InChI is InChI=1S/C28H28BrClN2O5S/c1-6-35-21-14-22(36-7-2)20(29)12-18(21)13-23-26(33)32-25(17-8-10-19(30)11-9-17)24(27(34)37-15(3)4)16(5)31-28(32)38-23/h8-15,25H,6-7H2,1-5H3/b23-13-/t25-/m1/s1. The molecule has 0 radical (unpaired) electrons. The zero-order valence-electron chi connectivity index (χ0n) is 21.7. The highest BCUT2D eigenvalue weighted by atomic mass is 79.9. The first kappa shape index (κ1) is 28.1. The maximum atomic E-state index is 13.9. The molecule has 0 amide bonds. The first-order chi connectivity index (χ1) is 18.1. The maximum Gasteiger partial charge on any atom is 0.338 e. The van der Waals surface area contributed by atoms with Gasteiger partial charge in [-0.15, -0.1) is 0 Å². The summed E-state index contributed by atoms with van der Waals surface area (Å²) in [7, 11) is 0. The predicted molar refractivity (Wildman–Crippen MR) is 153 cm³/mol. The molecule has 7 nitrogen and oxygen atoms in total. The highest BCUT2D eigenvalue weighted by molar-refractivity contribution is 9.10. The quantitative estimate of drug-likeness (QED) is 0.316. The molecule has 0 spiro atoms. The van der Waals surface area contributed by atoms with E-state index < -0.39 is 12.0 Å². The fourth-order valence-corrected chi connectivity index (χ4v) is 5.81. The van der Waals surface area contributed by atoms with Gasteiger partial charge in [0, 0.05) is 16.7 Å². The molecule has 0 aliphatic carbocycles.